The number of nitrogens with two attached hydrogens (primary N) is 1. The molecule has 0 radical (unpaired) electrons. The highest BCUT2D eigenvalue weighted by atomic mass is 79.9. The van der Waals surface area contributed by atoms with Crippen molar-refractivity contribution >= 4 is 38.9 Å². The third-order valence-electron chi connectivity index (χ3n) is 1.97. The highest BCUT2D eigenvalue weighted by Crippen LogP contribution is 2.18. The van der Waals surface area contributed by atoms with Gasteiger partial charge in [0.1, 0.15) is 11.6 Å². The molecule has 0 atom stereocenters. The summed E-state index contributed by atoms with van der Waals surface area (Å²) in [5.41, 5.74) is 6.58. The topological polar surface area (TPSA) is 65.2 Å². The summed E-state index contributed by atoms with van der Waals surface area (Å²) in [5, 5.41) is 2.60. The molecule has 17 heavy (non-hydrogen) atoms. The van der Waals surface area contributed by atoms with Crippen molar-refractivity contribution in [2.75, 3.05) is 5.73 Å². The van der Waals surface area contributed by atoms with Crippen molar-refractivity contribution in [2.45, 2.75) is 6.61 Å². The molecule has 6 heteroatoms. The number of anilines is 1. The van der Waals surface area contributed by atoms with Gasteiger partial charge in [-0.15, -0.1) is 11.3 Å². The van der Waals surface area contributed by atoms with Gasteiger partial charge in [0.05, 0.1) is 5.56 Å². The number of benzene rings is 1. The average Bonchev–Trinajstić information content (AvgIpc) is 2.77. The molecule has 88 valence electrons. The molecule has 0 unspecified atom stereocenters. The van der Waals surface area contributed by atoms with Gasteiger partial charge in [0, 0.05) is 21.7 Å². The fourth-order valence-corrected chi connectivity index (χ4v) is 2.30. The predicted octanol–water partition coefficient (Wildman–Crippen LogP) is 2.84. The standard InChI is InChI=1S/C11H9BrN2O2S/c12-8-3-7(4-9(13)5-8)11(15)16-6-10-14-1-2-17-10/h1-5H,6,13H2. The summed E-state index contributed by atoms with van der Waals surface area (Å²) >= 11 is 4.72. The first-order valence-corrected chi connectivity index (χ1v) is 6.44. The second-order valence-corrected chi connectivity index (χ2v) is 5.17. The molecule has 0 fully saturated rings. The van der Waals surface area contributed by atoms with Crippen LogP contribution in [0.15, 0.2) is 34.2 Å². The van der Waals surface area contributed by atoms with Gasteiger partial charge in [0.25, 0.3) is 0 Å². The van der Waals surface area contributed by atoms with Gasteiger partial charge in [-0.25, -0.2) is 9.78 Å². The lowest BCUT2D eigenvalue weighted by Crippen LogP contribution is -2.05. The van der Waals surface area contributed by atoms with E-state index in [9.17, 15) is 4.79 Å². The number of halogens is 1. The molecular weight excluding hydrogens is 304 g/mol. The Hall–Kier alpha value is -1.40. The maximum atomic E-state index is 11.7. The number of nitrogen functional groups attached to an aromatic ring is 1. The molecule has 1 heterocycles. The summed E-state index contributed by atoms with van der Waals surface area (Å²) in [7, 11) is 0. The molecule has 0 aliphatic heterocycles. The van der Waals surface area contributed by atoms with Crippen LogP contribution in [0.4, 0.5) is 5.69 Å². The molecule has 1 aromatic heterocycles. The lowest BCUT2D eigenvalue weighted by molar-refractivity contribution is 0.0472. The molecule has 0 spiro atoms. The molecule has 2 rings (SSSR count). The highest BCUT2D eigenvalue weighted by molar-refractivity contribution is 9.10. The van der Waals surface area contributed by atoms with E-state index < -0.39 is 5.97 Å². The zero-order valence-corrected chi connectivity index (χ0v) is 11.1. The van der Waals surface area contributed by atoms with Crippen LogP contribution in [0.3, 0.4) is 0 Å². The third kappa shape index (κ3) is 3.28. The van der Waals surface area contributed by atoms with Gasteiger partial charge in [-0.2, -0.15) is 0 Å². The number of esters is 1. The van der Waals surface area contributed by atoms with Crippen LogP contribution in [-0.4, -0.2) is 11.0 Å². The van der Waals surface area contributed by atoms with Crippen LogP contribution >= 0.6 is 27.3 Å². The summed E-state index contributed by atoms with van der Waals surface area (Å²) in [4.78, 5) is 15.7. The van der Waals surface area contributed by atoms with E-state index in [-0.39, 0.29) is 6.61 Å². The largest absolute Gasteiger partial charge is 0.455 e. The van der Waals surface area contributed by atoms with Crippen LogP contribution < -0.4 is 5.73 Å². The van der Waals surface area contributed by atoms with E-state index in [2.05, 4.69) is 20.9 Å². The first-order valence-electron chi connectivity index (χ1n) is 4.77. The van der Waals surface area contributed by atoms with Crippen LogP contribution in [0.5, 0.6) is 0 Å². The molecule has 1 aromatic carbocycles. The van der Waals surface area contributed by atoms with Crippen molar-refractivity contribution in [1.29, 1.82) is 0 Å². The number of aromatic nitrogens is 1. The van der Waals surface area contributed by atoms with Crippen LogP contribution in [0, 0.1) is 0 Å². The minimum absolute atomic E-state index is 0.183. The van der Waals surface area contributed by atoms with Crippen molar-refractivity contribution in [2.24, 2.45) is 0 Å². The third-order valence-corrected chi connectivity index (χ3v) is 3.18. The van der Waals surface area contributed by atoms with E-state index in [1.165, 1.54) is 11.3 Å². The van der Waals surface area contributed by atoms with Gasteiger partial charge in [-0.05, 0) is 18.2 Å². The maximum Gasteiger partial charge on any atom is 0.338 e. The van der Waals surface area contributed by atoms with E-state index in [1.807, 2.05) is 5.38 Å². The minimum Gasteiger partial charge on any atom is -0.455 e. The van der Waals surface area contributed by atoms with E-state index in [0.29, 0.717) is 11.3 Å². The zero-order valence-electron chi connectivity index (χ0n) is 8.72. The Morgan fingerprint density at radius 3 is 2.94 bits per heavy atom. The fourth-order valence-electron chi connectivity index (χ4n) is 1.27. The number of thiazole rings is 1. The van der Waals surface area contributed by atoms with E-state index in [0.717, 1.165) is 9.48 Å². The summed E-state index contributed by atoms with van der Waals surface area (Å²) in [6.45, 7) is 0.183. The molecule has 4 nitrogen and oxygen atoms in total. The van der Waals surface area contributed by atoms with Crippen LogP contribution in [0.2, 0.25) is 0 Å². The van der Waals surface area contributed by atoms with Gasteiger partial charge in [-0.1, -0.05) is 15.9 Å². The van der Waals surface area contributed by atoms with Gasteiger partial charge < -0.3 is 10.5 Å². The van der Waals surface area contributed by atoms with Crippen molar-refractivity contribution in [3.63, 3.8) is 0 Å². The number of nitrogens with zero attached hydrogens (tertiary/aromatic N) is 1. The number of hydrogen-bond acceptors (Lipinski definition) is 5. The maximum absolute atomic E-state index is 11.7. The molecule has 0 bridgehead atoms. The van der Waals surface area contributed by atoms with E-state index in [4.69, 9.17) is 10.5 Å². The summed E-state index contributed by atoms with van der Waals surface area (Å²) in [6.07, 6.45) is 1.67. The van der Waals surface area contributed by atoms with E-state index >= 15 is 0 Å². The summed E-state index contributed by atoms with van der Waals surface area (Å²) < 4.78 is 5.86. The molecule has 0 aliphatic rings. The number of ether oxygens (including phenoxy) is 1. The molecule has 0 saturated carbocycles. The molecule has 2 N–H and O–H groups in total. The monoisotopic (exact) mass is 312 g/mol. The lowest BCUT2D eigenvalue weighted by atomic mass is 10.2. The Bertz CT molecular complexity index is 508. The zero-order chi connectivity index (χ0) is 12.3. The molecule has 0 amide bonds. The minimum atomic E-state index is -0.409. The number of rotatable bonds is 3. The van der Waals surface area contributed by atoms with Gasteiger partial charge in [0.15, 0.2) is 0 Å². The van der Waals surface area contributed by atoms with Crippen LogP contribution in [0.25, 0.3) is 0 Å². The second-order valence-electron chi connectivity index (χ2n) is 3.28. The number of carbonyl (C=O) groups is 1. The Kier molecular flexibility index (Phi) is 3.75. The van der Waals surface area contributed by atoms with Crippen molar-refractivity contribution in [3.05, 3.63) is 44.8 Å². The molecular formula is C11H9BrN2O2S. The quantitative estimate of drug-likeness (QED) is 0.699. The number of hydrogen-bond donors (Lipinski definition) is 1. The van der Waals surface area contributed by atoms with Gasteiger partial charge in [-0.3, -0.25) is 0 Å². The predicted molar refractivity (Wildman–Crippen MR) is 69.8 cm³/mol. The Morgan fingerprint density at radius 2 is 2.29 bits per heavy atom. The van der Waals surface area contributed by atoms with Crippen molar-refractivity contribution < 1.29 is 9.53 Å². The Labute approximate surface area is 111 Å². The first-order chi connectivity index (χ1) is 8.15. The highest BCUT2D eigenvalue weighted by Gasteiger charge is 2.09. The summed E-state index contributed by atoms with van der Waals surface area (Å²) in [5.74, 6) is -0.409. The average molecular weight is 313 g/mol. The van der Waals surface area contributed by atoms with Crippen molar-refractivity contribution in [3.8, 4) is 0 Å². The van der Waals surface area contributed by atoms with Gasteiger partial charge in [0.2, 0.25) is 0 Å². The van der Waals surface area contributed by atoms with Crippen LogP contribution in [0.1, 0.15) is 15.4 Å². The lowest BCUT2D eigenvalue weighted by Gasteiger charge is -2.04. The van der Waals surface area contributed by atoms with Gasteiger partial charge >= 0.3 is 5.97 Å². The Balaban J connectivity index is 2.04. The second kappa shape index (κ2) is 5.29. The normalized spacial score (nSPS) is 10.2. The number of carbonyl (C=O) groups excluding carboxylic acids is 1. The van der Waals surface area contributed by atoms with E-state index in [1.54, 1.807) is 24.4 Å². The van der Waals surface area contributed by atoms with Crippen molar-refractivity contribution in [1.82, 2.24) is 4.98 Å². The molecule has 2 aromatic rings. The van der Waals surface area contributed by atoms with Crippen LogP contribution in [-0.2, 0) is 11.3 Å². The SMILES string of the molecule is Nc1cc(Br)cc(C(=O)OCc2nccs2)c1. The first kappa shape index (κ1) is 12.1. The summed E-state index contributed by atoms with van der Waals surface area (Å²) in [6, 6.07) is 4.97. The fraction of sp³-hybridized carbons (Fsp3) is 0.0909. The smallest absolute Gasteiger partial charge is 0.338 e. The molecule has 0 aliphatic carbocycles. The molecule has 0 saturated heterocycles. The Morgan fingerprint density at radius 1 is 1.47 bits per heavy atom.